The number of hydrogen-bond donors (Lipinski definition) is 2. The molecular weight excluding hydrogens is 372 g/mol. The van der Waals surface area contributed by atoms with Gasteiger partial charge in [-0.05, 0) is 42.7 Å². The second kappa shape index (κ2) is 8.75. The first-order valence-electron chi connectivity index (χ1n) is 8.82. The fraction of sp³-hybridized carbons (Fsp3) is 0.190. The maximum absolute atomic E-state index is 12.4. The molecule has 0 aliphatic heterocycles. The van der Waals surface area contributed by atoms with Gasteiger partial charge in [0.2, 0.25) is 11.8 Å². The monoisotopic (exact) mass is 394 g/mol. The predicted molar refractivity (Wildman–Crippen MR) is 110 cm³/mol. The molecule has 0 spiro atoms. The zero-order valence-electron chi connectivity index (χ0n) is 15.8. The number of carbonyl (C=O) groups is 2. The van der Waals surface area contributed by atoms with Crippen molar-refractivity contribution in [2.45, 2.75) is 25.0 Å². The highest BCUT2D eigenvalue weighted by atomic mass is 32.2. The van der Waals surface area contributed by atoms with Gasteiger partial charge in [-0.2, -0.15) is 0 Å². The van der Waals surface area contributed by atoms with Gasteiger partial charge < -0.3 is 11.1 Å². The Balaban J connectivity index is 1.68. The largest absolute Gasteiger partial charge is 0.368 e. The van der Waals surface area contributed by atoms with Gasteiger partial charge in [-0.1, -0.05) is 48.2 Å². The summed E-state index contributed by atoms with van der Waals surface area (Å²) >= 11 is 1.30. The summed E-state index contributed by atoms with van der Waals surface area (Å²) in [6.07, 6.45) is 3.57. The van der Waals surface area contributed by atoms with E-state index in [2.05, 4.69) is 28.5 Å². The van der Waals surface area contributed by atoms with E-state index in [0.717, 1.165) is 16.8 Å². The number of aryl methyl sites for hydroxylation is 2. The van der Waals surface area contributed by atoms with E-state index in [0.29, 0.717) is 10.7 Å². The first kappa shape index (κ1) is 19.7. The van der Waals surface area contributed by atoms with Crippen LogP contribution in [-0.2, 0) is 9.59 Å². The van der Waals surface area contributed by atoms with Gasteiger partial charge in [-0.3, -0.25) is 14.2 Å². The van der Waals surface area contributed by atoms with Gasteiger partial charge >= 0.3 is 0 Å². The zero-order valence-corrected chi connectivity index (χ0v) is 16.6. The standard InChI is InChI=1S/C21H22N4O2S/c1-14-10-15(2)12-17(11-14)25-9-8-23-21(25)28-13-18(26)24-19(20(22)27)16-6-4-3-5-7-16/h3-12,19H,13H2,1-2H3,(H2,22,27)(H,24,26). The van der Waals surface area contributed by atoms with Crippen LogP contribution < -0.4 is 11.1 Å². The Morgan fingerprint density at radius 1 is 1.14 bits per heavy atom. The molecule has 1 aromatic heterocycles. The topological polar surface area (TPSA) is 90.0 Å². The Hall–Kier alpha value is -3.06. The van der Waals surface area contributed by atoms with Gasteiger partial charge in [0, 0.05) is 18.1 Å². The molecule has 0 bridgehead atoms. The molecule has 0 saturated carbocycles. The Labute approximate surface area is 168 Å². The van der Waals surface area contributed by atoms with Gasteiger partial charge in [0.15, 0.2) is 5.16 Å². The van der Waals surface area contributed by atoms with Gasteiger partial charge in [0.05, 0.1) is 5.75 Å². The SMILES string of the molecule is Cc1cc(C)cc(-n2ccnc2SCC(=O)NC(C(N)=O)c2ccccc2)c1. The molecular formula is C21H22N4O2S. The number of thioether (sulfide) groups is 1. The molecule has 1 atom stereocenters. The maximum atomic E-state index is 12.4. The highest BCUT2D eigenvalue weighted by Crippen LogP contribution is 2.22. The van der Waals surface area contributed by atoms with Crippen LogP contribution in [-0.4, -0.2) is 27.1 Å². The first-order valence-corrected chi connectivity index (χ1v) is 9.81. The minimum absolute atomic E-state index is 0.123. The lowest BCUT2D eigenvalue weighted by Gasteiger charge is -2.16. The van der Waals surface area contributed by atoms with Crippen molar-refractivity contribution in [3.05, 3.63) is 77.6 Å². The molecule has 3 rings (SSSR count). The summed E-state index contributed by atoms with van der Waals surface area (Å²) in [6, 6.07) is 14.3. The lowest BCUT2D eigenvalue weighted by molar-refractivity contribution is -0.126. The van der Waals surface area contributed by atoms with E-state index in [1.165, 1.54) is 11.8 Å². The third-order valence-corrected chi connectivity index (χ3v) is 5.11. The number of primary amides is 1. The van der Waals surface area contributed by atoms with E-state index in [9.17, 15) is 9.59 Å². The zero-order chi connectivity index (χ0) is 20.1. The Bertz CT molecular complexity index is 965. The Kier molecular flexibility index (Phi) is 6.16. The molecule has 2 amide bonds. The first-order chi connectivity index (χ1) is 13.4. The summed E-state index contributed by atoms with van der Waals surface area (Å²) in [7, 11) is 0. The molecule has 28 heavy (non-hydrogen) atoms. The van der Waals surface area contributed by atoms with Gasteiger partial charge in [0.1, 0.15) is 6.04 Å². The number of carbonyl (C=O) groups excluding carboxylic acids is 2. The number of rotatable bonds is 7. The molecule has 2 aromatic carbocycles. The lowest BCUT2D eigenvalue weighted by Crippen LogP contribution is -2.38. The molecule has 0 fully saturated rings. The summed E-state index contributed by atoms with van der Waals surface area (Å²) in [6.45, 7) is 4.09. The van der Waals surface area contributed by atoms with Crippen LogP contribution in [0.1, 0.15) is 22.7 Å². The molecule has 3 aromatic rings. The third-order valence-electron chi connectivity index (χ3n) is 4.15. The molecule has 0 saturated heterocycles. The molecule has 6 nitrogen and oxygen atoms in total. The highest BCUT2D eigenvalue weighted by molar-refractivity contribution is 7.99. The van der Waals surface area contributed by atoms with Crippen LogP contribution in [0.5, 0.6) is 0 Å². The molecule has 0 aliphatic rings. The number of aromatic nitrogens is 2. The lowest BCUT2D eigenvalue weighted by atomic mass is 10.1. The number of hydrogen-bond acceptors (Lipinski definition) is 4. The molecule has 3 N–H and O–H groups in total. The molecule has 7 heteroatoms. The van der Waals surface area contributed by atoms with Crippen molar-refractivity contribution in [2.24, 2.45) is 5.73 Å². The summed E-state index contributed by atoms with van der Waals surface area (Å²) in [5.74, 6) is -0.757. The van der Waals surface area contributed by atoms with E-state index in [-0.39, 0.29) is 11.7 Å². The summed E-state index contributed by atoms with van der Waals surface area (Å²) < 4.78 is 1.95. The minimum Gasteiger partial charge on any atom is -0.368 e. The molecule has 1 unspecified atom stereocenters. The van der Waals surface area contributed by atoms with Gasteiger partial charge in [-0.25, -0.2) is 4.98 Å². The Morgan fingerprint density at radius 2 is 1.82 bits per heavy atom. The highest BCUT2D eigenvalue weighted by Gasteiger charge is 2.20. The van der Waals surface area contributed by atoms with Gasteiger partial charge in [-0.15, -0.1) is 0 Å². The molecule has 0 aliphatic carbocycles. The van der Waals surface area contributed by atoms with Crippen LogP contribution in [0.15, 0.2) is 66.1 Å². The minimum atomic E-state index is -0.853. The Morgan fingerprint density at radius 3 is 2.46 bits per heavy atom. The smallest absolute Gasteiger partial charge is 0.244 e. The van der Waals surface area contributed by atoms with Crippen molar-refractivity contribution in [3.8, 4) is 5.69 Å². The van der Waals surface area contributed by atoms with Crippen LogP contribution in [0.2, 0.25) is 0 Å². The summed E-state index contributed by atoms with van der Waals surface area (Å²) in [4.78, 5) is 28.5. The number of nitrogens with zero attached hydrogens (tertiary/aromatic N) is 2. The molecule has 144 valence electrons. The number of benzene rings is 2. The van der Waals surface area contributed by atoms with E-state index in [4.69, 9.17) is 5.73 Å². The van der Waals surface area contributed by atoms with Crippen LogP contribution in [0.4, 0.5) is 0 Å². The van der Waals surface area contributed by atoms with Crippen LogP contribution >= 0.6 is 11.8 Å². The normalized spacial score (nSPS) is 11.8. The quantitative estimate of drug-likeness (QED) is 0.603. The van der Waals surface area contributed by atoms with Crippen LogP contribution in [0.3, 0.4) is 0 Å². The average molecular weight is 395 g/mol. The van der Waals surface area contributed by atoms with Crippen molar-refractivity contribution in [1.82, 2.24) is 14.9 Å². The fourth-order valence-electron chi connectivity index (χ4n) is 2.98. The molecule has 0 radical (unpaired) electrons. The second-order valence-electron chi connectivity index (χ2n) is 6.53. The van der Waals surface area contributed by atoms with Gasteiger partial charge in [0.25, 0.3) is 0 Å². The summed E-state index contributed by atoms with van der Waals surface area (Å²) in [5.41, 5.74) is 9.43. The van der Waals surface area contributed by atoms with Crippen molar-refractivity contribution in [2.75, 3.05) is 5.75 Å². The van der Waals surface area contributed by atoms with E-state index in [1.807, 2.05) is 30.7 Å². The van der Waals surface area contributed by atoms with Crippen LogP contribution in [0.25, 0.3) is 5.69 Å². The van der Waals surface area contributed by atoms with Crippen molar-refractivity contribution in [1.29, 1.82) is 0 Å². The van der Waals surface area contributed by atoms with Crippen molar-refractivity contribution >= 4 is 23.6 Å². The maximum Gasteiger partial charge on any atom is 0.244 e. The van der Waals surface area contributed by atoms with Crippen molar-refractivity contribution < 1.29 is 9.59 Å². The fourth-order valence-corrected chi connectivity index (χ4v) is 3.76. The van der Waals surface area contributed by atoms with E-state index >= 15 is 0 Å². The predicted octanol–water partition coefficient (Wildman–Crippen LogP) is 2.92. The number of amides is 2. The van der Waals surface area contributed by atoms with E-state index in [1.54, 1.807) is 30.5 Å². The summed E-state index contributed by atoms with van der Waals surface area (Å²) in [5, 5.41) is 3.41. The third kappa shape index (κ3) is 4.80. The van der Waals surface area contributed by atoms with Crippen LogP contribution in [0, 0.1) is 13.8 Å². The van der Waals surface area contributed by atoms with Crippen molar-refractivity contribution in [3.63, 3.8) is 0 Å². The number of nitrogens with one attached hydrogen (secondary N) is 1. The average Bonchev–Trinajstić information content (AvgIpc) is 3.13. The molecule has 1 heterocycles. The van der Waals surface area contributed by atoms with E-state index < -0.39 is 11.9 Å². The number of imidazole rings is 1. The second-order valence-corrected chi connectivity index (χ2v) is 7.47. The number of nitrogens with two attached hydrogens (primary N) is 1.